The zero-order chi connectivity index (χ0) is 9.56. The van der Waals surface area contributed by atoms with Gasteiger partial charge in [-0.3, -0.25) is 0 Å². The molecule has 2 nitrogen and oxygen atoms in total. The van der Waals surface area contributed by atoms with Gasteiger partial charge in [0.05, 0.1) is 0 Å². The van der Waals surface area contributed by atoms with Crippen LogP contribution in [0.25, 0.3) is 0 Å². The number of rotatable bonds is 6. The molecular formula is C8H15ClNOP. The van der Waals surface area contributed by atoms with Gasteiger partial charge in [0.15, 0.2) is 0 Å². The van der Waals surface area contributed by atoms with E-state index in [4.69, 9.17) is 16.7 Å². The van der Waals surface area contributed by atoms with Gasteiger partial charge in [0, 0.05) is 12.1 Å². The van der Waals surface area contributed by atoms with Crippen LogP contribution in [0.1, 0.15) is 26.2 Å². The molecule has 1 unspecified atom stereocenters. The Bertz CT molecular complexity index is 170. The van der Waals surface area contributed by atoms with E-state index in [1.165, 1.54) is 0 Å². The van der Waals surface area contributed by atoms with Crippen LogP contribution in [0.3, 0.4) is 0 Å². The average molecular weight is 208 g/mol. The highest BCUT2D eigenvalue weighted by Gasteiger charge is 2.02. The van der Waals surface area contributed by atoms with Gasteiger partial charge < -0.3 is 10.2 Å². The molecule has 1 N–H and O–H groups in total. The van der Waals surface area contributed by atoms with Crippen LogP contribution >= 0.6 is 18.5 Å². The lowest BCUT2D eigenvalue weighted by atomic mass is 10.1. The molecule has 12 heavy (non-hydrogen) atoms. The summed E-state index contributed by atoms with van der Waals surface area (Å²) in [5, 5.41) is 7.47. The number of carbonyl (C=O) groups excluding carboxylic acids is 1. The molecule has 0 aliphatic carbocycles. The highest BCUT2D eigenvalue weighted by atomic mass is 35.7. The van der Waals surface area contributed by atoms with Crippen molar-refractivity contribution in [3.8, 4) is 0 Å². The molecule has 1 atom stereocenters. The Morgan fingerprint density at radius 1 is 1.42 bits per heavy atom. The van der Waals surface area contributed by atoms with Crippen molar-refractivity contribution in [2.75, 3.05) is 12.8 Å². The molecular weight excluding hydrogens is 193 g/mol. The summed E-state index contributed by atoms with van der Waals surface area (Å²) in [4.78, 5) is 10.6. The van der Waals surface area contributed by atoms with Crippen LogP contribution in [-0.4, -0.2) is 24.3 Å². The van der Waals surface area contributed by atoms with Gasteiger partial charge in [0.25, 0.3) is 0 Å². The van der Waals surface area contributed by atoms with Crippen LogP contribution in [0.2, 0.25) is 0 Å². The molecule has 0 amide bonds. The Hall–Kier alpha value is 0.0600. The second-order valence-electron chi connectivity index (χ2n) is 2.88. The fourth-order valence-corrected chi connectivity index (χ4v) is 1.57. The van der Waals surface area contributed by atoms with Crippen molar-refractivity contribution in [3.05, 3.63) is 0 Å². The fourth-order valence-electron chi connectivity index (χ4n) is 0.741. The second-order valence-corrected chi connectivity index (χ2v) is 6.27. The molecule has 0 heterocycles. The fraction of sp³-hybridized carbons (Fsp3) is 0.750. The Morgan fingerprint density at radius 2 is 2.00 bits per heavy atom. The average Bonchev–Trinajstić information content (AvgIpc) is 1.96. The molecule has 0 bridgehead atoms. The number of carbonyl (C=O) groups is 1. The molecule has 0 aromatic rings. The monoisotopic (exact) mass is 207 g/mol. The molecule has 0 fully saturated rings. The first-order chi connectivity index (χ1) is 5.52. The molecule has 0 spiro atoms. The lowest BCUT2D eigenvalue weighted by molar-refractivity contribution is -0.116. The highest BCUT2D eigenvalue weighted by Crippen LogP contribution is 2.36. The van der Waals surface area contributed by atoms with Crippen LogP contribution in [0, 0.1) is 5.41 Å². The molecule has 0 aliphatic heterocycles. The standard InChI is InChI=1S/C8H15ClNOP/c1-7(11)3-4-8(10)5-6-12(2)9/h10H,3-6H2,1-2H3. The van der Waals surface area contributed by atoms with E-state index in [1.807, 2.05) is 6.66 Å². The van der Waals surface area contributed by atoms with Gasteiger partial charge in [-0.2, -0.15) is 0 Å². The molecule has 0 aliphatic rings. The summed E-state index contributed by atoms with van der Waals surface area (Å²) in [6.07, 6.45) is 2.75. The van der Waals surface area contributed by atoms with Crippen molar-refractivity contribution in [1.29, 1.82) is 5.41 Å². The lowest BCUT2D eigenvalue weighted by Gasteiger charge is -2.03. The van der Waals surface area contributed by atoms with Crippen LogP contribution in [-0.2, 0) is 4.79 Å². The molecule has 0 saturated carbocycles. The summed E-state index contributed by atoms with van der Waals surface area (Å²) in [7, 11) is -0.413. The molecule has 4 heteroatoms. The van der Waals surface area contributed by atoms with Gasteiger partial charge in [-0.05, 0) is 39.9 Å². The molecule has 0 aromatic heterocycles. The Balaban J connectivity index is 3.40. The summed E-state index contributed by atoms with van der Waals surface area (Å²) < 4.78 is 0. The third-order valence-corrected chi connectivity index (χ3v) is 2.85. The number of ketones is 1. The zero-order valence-electron chi connectivity index (χ0n) is 7.56. The van der Waals surface area contributed by atoms with Crippen LogP contribution < -0.4 is 0 Å². The minimum absolute atomic E-state index is 0.157. The van der Waals surface area contributed by atoms with Crippen molar-refractivity contribution >= 4 is 30.0 Å². The molecule has 0 radical (unpaired) electrons. The van der Waals surface area contributed by atoms with E-state index in [-0.39, 0.29) is 5.78 Å². The van der Waals surface area contributed by atoms with Crippen LogP contribution in [0.15, 0.2) is 0 Å². The van der Waals surface area contributed by atoms with Gasteiger partial charge >= 0.3 is 0 Å². The van der Waals surface area contributed by atoms with Crippen molar-refractivity contribution < 1.29 is 4.79 Å². The van der Waals surface area contributed by atoms with Gasteiger partial charge in [0.1, 0.15) is 5.78 Å². The summed E-state index contributed by atoms with van der Waals surface area (Å²) in [5.41, 5.74) is 0.653. The number of halogens is 1. The zero-order valence-corrected chi connectivity index (χ0v) is 9.21. The maximum Gasteiger partial charge on any atom is 0.130 e. The number of Topliss-reactive ketones (excluding diaryl/α,β-unsaturated/α-hetero) is 1. The highest BCUT2D eigenvalue weighted by molar-refractivity contribution is 7.83. The van der Waals surface area contributed by atoms with Crippen molar-refractivity contribution in [1.82, 2.24) is 0 Å². The molecule has 0 saturated heterocycles. The quantitative estimate of drug-likeness (QED) is 0.528. The van der Waals surface area contributed by atoms with E-state index in [9.17, 15) is 4.79 Å². The van der Waals surface area contributed by atoms with Crippen LogP contribution in [0.5, 0.6) is 0 Å². The van der Waals surface area contributed by atoms with E-state index in [2.05, 4.69) is 0 Å². The maximum atomic E-state index is 10.6. The predicted octanol–water partition coefficient (Wildman–Crippen LogP) is 3.03. The van der Waals surface area contributed by atoms with Crippen LogP contribution in [0.4, 0.5) is 0 Å². The first-order valence-electron chi connectivity index (χ1n) is 3.95. The Morgan fingerprint density at radius 3 is 2.42 bits per heavy atom. The van der Waals surface area contributed by atoms with Gasteiger partial charge in [-0.15, -0.1) is 0 Å². The van der Waals surface area contributed by atoms with Gasteiger partial charge in [-0.25, -0.2) is 0 Å². The van der Waals surface area contributed by atoms with Gasteiger partial charge in [0.2, 0.25) is 0 Å². The normalized spacial score (nSPS) is 12.6. The summed E-state index contributed by atoms with van der Waals surface area (Å²) >= 11 is 5.79. The van der Waals surface area contributed by atoms with Gasteiger partial charge in [-0.1, -0.05) is 11.2 Å². The summed E-state index contributed by atoms with van der Waals surface area (Å²) in [6, 6.07) is 0. The van der Waals surface area contributed by atoms with E-state index in [0.29, 0.717) is 18.6 Å². The summed E-state index contributed by atoms with van der Waals surface area (Å²) in [6.45, 7) is 3.54. The number of hydrogen-bond acceptors (Lipinski definition) is 2. The van der Waals surface area contributed by atoms with E-state index >= 15 is 0 Å². The third kappa shape index (κ3) is 8.16. The predicted molar refractivity (Wildman–Crippen MR) is 55.8 cm³/mol. The first kappa shape index (κ1) is 12.1. The Labute approximate surface area is 79.7 Å². The van der Waals surface area contributed by atoms with Crippen molar-refractivity contribution in [2.45, 2.75) is 26.2 Å². The largest absolute Gasteiger partial charge is 0.310 e. The van der Waals surface area contributed by atoms with E-state index in [1.54, 1.807) is 6.92 Å². The SMILES string of the molecule is CC(=O)CCC(=N)CCP(C)Cl. The lowest BCUT2D eigenvalue weighted by Crippen LogP contribution is -2.01. The topological polar surface area (TPSA) is 40.9 Å². The molecule has 0 aromatic carbocycles. The minimum Gasteiger partial charge on any atom is -0.310 e. The first-order valence-corrected chi connectivity index (χ1v) is 6.83. The molecule has 0 rings (SSSR count). The third-order valence-electron chi connectivity index (χ3n) is 1.50. The van der Waals surface area contributed by atoms with E-state index < -0.39 is 7.27 Å². The summed E-state index contributed by atoms with van der Waals surface area (Å²) in [5.74, 6) is 0.157. The minimum atomic E-state index is -0.413. The Kier molecular flexibility index (Phi) is 6.60. The number of nitrogens with one attached hydrogen (secondary N) is 1. The molecule has 70 valence electrons. The smallest absolute Gasteiger partial charge is 0.130 e. The second kappa shape index (κ2) is 6.56. The van der Waals surface area contributed by atoms with Crippen molar-refractivity contribution in [2.24, 2.45) is 0 Å². The van der Waals surface area contributed by atoms with Crippen molar-refractivity contribution in [3.63, 3.8) is 0 Å². The maximum absolute atomic E-state index is 10.6. The number of hydrogen-bond donors (Lipinski definition) is 1. The van der Waals surface area contributed by atoms with E-state index in [0.717, 1.165) is 12.6 Å².